The number of benzene rings is 1. The van der Waals surface area contributed by atoms with Gasteiger partial charge in [0, 0.05) is 43.2 Å². The van der Waals surface area contributed by atoms with Gasteiger partial charge in [-0.1, -0.05) is 85.3 Å². The molecule has 6 N–H and O–H groups in total. The number of aliphatic hydroxyl groups excluding tert-OH is 1. The molecule has 1 aromatic heterocycles. The first-order valence-corrected chi connectivity index (χ1v) is 28.2. The fraction of sp³-hybridized carbons (Fsp3) is 0.684. The standard InChI is InChI=1S/C57H79N9O9/c1-6-12-41(48(68)54(73)60-37-20-21-37)61-53(72)47-39-18-11-16-35(39)29-66(47)56(75)49(57(3,4)5)64-52(71)46(32-13-8-7-9-14-32)63-50(69)43-28-58-42(27-59-43)34-15-10-17-38(31(2)25-34)33-19-22-40-36(26-33)30-65(55(40)74)44-23-24-45(67)62-51(44)70/h19,22,26-28,31-32,34-35,37-39,41,44,46-49,68H,6-18,20-21,23-25,29-30H2,1-5H3,(H,60,73)(H,61,72)(H,63,69)(H,64,71)(H,62,67,70)/t31?,34?,35-,38?,39-,41+,44?,46-,47-,48?,49+/m0/s1. The first-order valence-electron chi connectivity index (χ1n) is 28.2. The van der Waals surface area contributed by atoms with E-state index in [-0.39, 0.29) is 71.4 Å². The van der Waals surface area contributed by atoms with Crippen molar-refractivity contribution in [1.29, 1.82) is 0 Å². The van der Waals surface area contributed by atoms with Crippen molar-refractivity contribution >= 4 is 47.3 Å². The van der Waals surface area contributed by atoms with E-state index in [0.717, 1.165) is 107 Å². The molecule has 18 heteroatoms. The molecule has 75 heavy (non-hydrogen) atoms. The van der Waals surface area contributed by atoms with Crippen LogP contribution in [-0.2, 0) is 35.3 Å². The lowest BCUT2D eigenvalue weighted by atomic mass is 9.81. The summed E-state index contributed by atoms with van der Waals surface area (Å²) in [6.45, 7) is 10.5. The summed E-state index contributed by atoms with van der Waals surface area (Å²) < 4.78 is 0. The summed E-state index contributed by atoms with van der Waals surface area (Å²) in [5.74, 6) is -2.77. The lowest BCUT2D eigenvalue weighted by Gasteiger charge is -2.38. The van der Waals surface area contributed by atoms with Crippen LogP contribution in [0.2, 0.25) is 0 Å². The number of amides is 8. The molecule has 18 nitrogen and oxygen atoms in total. The number of fused-ring (bicyclic) bond motifs is 2. The summed E-state index contributed by atoms with van der Waals surface area (Å²) in [4.78, 5) is 122. The van der Waals surface area contributed by atoms with Gasteiger partial charge in [0.05, 0.1) is 17.9 Å². The van der Waals surface area contributed by atoms with Gasteiger partial charge in [0.25, 0.3) is 17.7 Å². The van der Waals surface area contributed by atoms with Gasteiger partial charge in [-0.15, -0.1) is 0 Å². The predicted octanol–water partition coefficient (Wildman–Crippen LogP) is 5.08. The minimum Gasteiger partial charge on any atom is -0.381 e. The highest BCUT2D eigenvalue weighted by molar-refractivity contribution is 6.05. The number of hydrogen-bond donors (Lipinski definition) is 6. The lowest BCUT2D eigenvalue weighted by molar-refractivity contribution is -0.146. The second kappa shape index (κ2) is 22.8. The Morgan fingerprint density at radius 2 is 1.61 bits per heavy atom. The van der Waals surface area contributed by atoms with E-state index >= 15 is 4.79 Å². The molecule has 11 atom stereocenters. The van der Waals surface area contributed by atoms with Gasteiger partial charge in [0.15, 0.2) is 6.10 Å². The number of nitrogens with zero attached hydrogens (tertiary/aromatic N) is 4. The van der Waals surface area contributed by atoms with Gasteiger partial charge in [0.2, 0.25) is 29.5 Å². The number of carbonyl (C=O) groups is 8. The largest absolute Gasteiger partial charge is 0.381 e. The Hall–Kier alpha value is -5.78. The van der Waals surface area contributed by atoms with Crippen molar-refractivity contribution in [3.63, 3.8) is 0 Å². The van der Waals surface area contributed by atoms with E-state index in [0.29, 0.717) is 37.9 Å². The van der Waals surface area contributed by atoms with Gasteiger partial charge >= 0.3 is 0 Å². The lowest BCUT2D eigenvalue weighted by Crippen LogP contribution is -2.62. The molecule has 1 aromatic carbocycles. The number of nitrogens with one attached hydrogen (secondary N) is 5. The van der Waals surface area contributed by atoms with Crippen molar-refractivity contribution in [2.45, 2.75) is 211 Å². The smallest absolute Gasteiger partial charge is 0.272 e. The Balaban J connectivity index is 0.854. The number of carbonyl (C=O) groups excluding carboxylic acids is 8. The highest BCUT2D eigenvalue weighted by Gasteiger charge is 2.53. The van der Waals surface area contributed by atoms with Crippen LogP contribution in [0.25, 0.3) is 0 Å². The molecule has 406 valence electrons. The third kappa shape index (κ3) is 11.9. The molecule has 4 saturated carbocycles. The second-order valence-electron chi connectivity index (χ2n) is 24.2. The van der Waals surface area contributed by atoms with E-state index in [1.807, 2.05) is 39.8 Å². The molecule has 8 amide bonds. The summed E-state index contributed by atoms with van der Waals surface area (Å²) in [6, 6.07) is 1.76. The van der Waals surface area contributed by atoms with Crippen LogP contribution >= 0.6 is 0 Å². The minimum atomic E-state index is -1.43. The van der Waals surface area contributed by atoms with Gasteiger partial charge in [-0.25, -0.2) is 4.98 Å². The van der Waals surface area contributed by atoms with E-state index < -0.39 is 71.3 Å². The Kier molecular flexibility index (Phi) is 16.4. The summed E-state index contributed by atoms with van der Waals surface area (Å²) in [7, 11) is 0. The highest BCUT2D eigenvalue weighted by atomic mass is 16.3. The molecule has 2 aromatic rings. The molecule has 3 aliphatic heterocycles. The van der Waals surface area contributed by atoms with Crippen LogP contribution in [0.15, 0.2) is 30.6 Å². The molecular weight excluding hydrogens is 955 g/mol. The molecule has 0 spiro atoms. The molecular formula is C57H79N9O9. The monoisotopic (exact) mass is 1030 g/mol. The summed E-state index contributed by atoms with van der Waals surface area (Å²) in [5.41, 5.74) is 2.74. The van der Waals surface area contributed by atoms with E-state index in [1.54, 1.807) is 16.0 Å². The van der Waals surface area contributed by atoms with E-state index in [2.05, 4.69) is 44.6 Å². The van der Waals surface area contributed by atoms with Crippen molar-refractivity contribution in [3.05, 3.63) is 58.7 Å². The first-order chi connectivity index (χ1) is 35.9. The van der Waals surface area contributed by atoms with Crippen molar-refractivity contribution in [2.24, 2.45) is 29.1 Å². The number of aliphatic hydroxyl groups is 1. The topological polar surface area (TPSA) is 249 Å². The van der Waals surface area contributed by atoms with Crippen molar-refractivity contribution in [3.8, 4) is 0 Å². The minimum absolute atomic E-state index is 0.0478. The molecule has 7 aliphatic rings. The molecule has 5 unspecified atom stereocenters. The van der Waals surface area contributed by atoms with E-state index in [9.17, 15) is 38.7 Å². The average molecular weight is 1030 g/mol. The van der Waals surface area contributed by atoms with Crippen LogP contribution in [0.4, 0.5) is 0 Å². The summed E-state index contributed by atoms with van der Waals surface area (Å²) >= 11 is 0. The second-order valence-corrected chi connectivity index (χ2v) is 24.2. The zero-order valence-corrected chi connectivity index (χ0v) is 44.5. The molecule has 4 heterocycles. The number of rotatable bonds is 16. The van der Waals surface area contributed by atoms with Gasteiger partial charge in [-0.05, 0) is 123 Å². The quantitative estimate of drug-likeness (QED) is 0.0957. The van der Waals surface area contributed by atoms with Crippen LogP contribution in [0, 0.1) is 29.1 Å². The number of piperidine rings is 1. The maximum Gasteiger partial charge on any atom is 0.272 e. The van der Waals surface area contributed by atoms with Gasteiger partial charge in [0.1, 0.15) is 29.9 Å². The highest BCUT2D eigenvalue weighted by Crippen LogP contribution is 2.45. The summed E-state index contributed by atoms with van der Waals surface area (Å²) in [6.07, 6.45) is 15.4. The number of imide groups is 1. The van der Waals surface area contributed by atoms with Crippen LogP contribution in [0.1, 0.15) is 200 Å². The third-order valence-electron chi connectivity index (χ3n) is 17.7. The summed E-state index contributed by atoms with van der Waals surface area (Å²) in [5, 5.41) is 25.4. The maximum atomic E-state index is 15.0. The Bertz CT molecular complexity index is 2500. The average Bonchev–Trinajstić information content (AvgIpc) is 3.90. The number of hydrogen-bond acceptors (Lipinski definition) is 11. The van der Waals surface area contributed by atoms with E-state index in [1.165, 1.54) is 6.20 Å². The Labute approximate surface area is 440 Å². The number of likely N-dealkylation sites (tertiary alicyclic amines) is 1. The SMILES string of the molecule is CCC[C@@H](NC(=O)[C@@H]1[C@H]2CCC[C@H]2CN1C(=O)[C@@H](NC(=O)[C@@H](NC(=O)c1cnc(C2CCCC(c3ccc4c(c3)CN(C3CCC(=O)NC3=O)C4=O)C(C)C2)cn1)C1CCCCC1)C(C)(C)C)C(O)C(=O)NC1CC1. The van der Waals surface area contributed by atoms with Crippen LogP contribution in [0.5, 0.6) is 0 Å². The molecule has 2 saturated heterocycles. The zero-order valence-electron chi connectivity index (χ0n) is 44.5. The van der Waals surface area contributed by atoms with Crippen LogP contribution in [-0.4, -0.2) is 121 Å². The van der Waals surface area contributed by atoms with Crippen molar-refractivity contribution in [2.75, 3.05) is 6.54 Å². The van der Waals surface area contributed by atoms with Gasteiger partial charge in [-0.3, -0.25) is 48.7 Å². The fourth-order valence-corrected chi connectivity index (χ4v) is 13.4. The van der Waals surface area contributed by atoms with E-state index in [4.69, 9.17) is 4.98 Å². The molecule has 0 bridgehead atoms. The molecule has 9 rings (SSSR count). The maximum absolute atomic E-state index is 15.0. The Morgan fingerprint density at radius 3 is 2.31 bits per heavy atom. The first kappa shape index (κ1) is 54.0. The van der Waals surface area contributed by atoms with Crippen molar-refractivity contribution < 1.29 is 43.5 Å². The molecule has 6 fully saturated rings. The molecule has 4 aliphatic carbocycles. The number of aromatic nitrogens is 2. The zero-order chi connectivity index (χ0) is 53.3. The fourth-order valence-electron chi connectivity index (χ4n) is 13.4. The van der Waals surface area contributed by atoms with Gasteiger partial charge < -0.3 is 36.2 Å². The third-order valence-corrected chi connectivity index (χ3v) is 17.7. The van der Waals surface area contributed by atoms with Gasteiger partial charge in [-0.2, -0.15) is 0 Å². The van der Waals surface area contributed by atoms with Crippen LogP contribution in [0.3, 0.4) is 0 Å². The molecule has 0 radical (unpaired) electrons. The van der Waals surface area contributed by atoms with Crippen molar-refractivity contribution in [1.82, 2.24) is 46.4 Å². The van der Waals surface area contributed by atoms with Crippen LogP contribution < -0.4 is 26.6 Å². The Morgan fingerprint density at radius 1 is 0.853 bits per heavy atom. The predicted molar refractivity (Wildman–Crippen MR) is 277 cm³/mol. The normalized spacial score (nSPS) is 27.8.